The molecule has 2 aliphatic rings. The molecule has 2 heterocycles. The lowest BCUT2D eigenvalue weighted by molar-refractivity contribution is -0.384. The van der Waals surface area contributed by atoms with Crippen LogP contribution in [-0.4, -0.2) is 22.8 Å². The third-order valence-electron chi connectivity index (χ3n) is 6.56. The van der Waals surface area contributed by atoms with Gasteiger partial charge in [0.05, 0.1) is 22.3 Å². The molecule has 178 valence electrons. The van der Waals surface area contributed by atoms with E-state index in [1.807, 2.05) is 54.6 Å². The quantitative estimate of drug-likeness (QED) is 0.304. The van der Waals surface area contributed by atoms with E-state index in [0.717, 1.165) is 21.7 Å². The SMILES string of the molecule is CC(C)(C)c1ccc([C@@H]2[C@@H]3C(=O)N(c4ccc([N+](=O)[O-])cc4)C(=O)[C@@H]3ON2c2ccccc2)cc1. The molecule has 8 heteroatoms. The molecule has 3 aromatic rings. The third kappa shape index (κ3) is 3.85. The smallest absolute Gasteiger partial charge is 0.269 e. The van der Waals surface area contributed by atoms with Crippen LogP contribution in [0.15, 0.2) is 78.9 Å². The number of hydrogen-bond acceptors (Lipinski definition) is 6. The highest BCUT2D eigenvalue weighted by molar-refractivity contribution is 6.23. The van der Waals surface area contributed by atoms with Gasteiger partial charge in [-0.15, -0.1) is 0 Å². The van der Waals surface area contributed by atoms with Crippen LogP contribution < -0.4 is 9.96 Å². The van der Waals surface area contributed by atoms with Crippen molar-refractivity contribution in [1.29, 1.82) is 0 Å². The van der Waals surface area contributed by atoms with E-state index < -0.39 is 34.8 Å². The second kappa shape index (κ2) is 8.32. The van der Waals surface area contributed by atoms with Crippen LogP contribution in [0.3, 0.4) is 0 Å². The highest BCUT2D eigenvalue weighted by Crippen LogP contribution is 2.47. The Morgan fingerprint density at radius 2 is 1.46 bits per heavy atom. The van der Waals surface area contributed by atoms with Crippen LogP contribution in [-0.2, 0) is 19.8 Å². The number of nitro groups is 1. The molecule has 0 unspecified atom stereocenters. The molecule has 0 N–H and O–H groups in total. The van der Waals surface area contributed by atoms with Crippen molar-refractivity contribution < 1.29 is 19.3 Å². The lowest BCUT2D eigenvalue weighted by Gasteiger charge is -2.29. The number of anilines is 2. The summed E-state index contributed by atoms with van der Waals surface area (Å²) in [6.45, 7) is 6.40. The van der Waals surface area contributed by atoms with Crippen LogP contribution in [0, 0.1) is 16.0 Å². The van der Waals surface area contributed by atoms with E-state index in [0.29, 0.717) is 0 Å². The van der Waals surface area contributed by atoms with Gasteiger partial charge in [-0.25, -0.2) is 9.96 Å². The summed E-state index contributed by atoms with van der Waals surface area (Å²) < 4.78 is 0. The van der Waals surface area contributed by atoms with E-state index in [2.05, 4.69) is 20.8 Å². The highest BCUT2D eigenvalue weighted by Gasteiger charge is 2.60. The van der Waals surface area contributed by atoms with Crippen LogP contribution >= 0.6 is 0 Å². The Morgan fingerprint density at radius 1 is 0.829 bits per heavy atom. The molecule has 8 nitrogen and oxygen atoms in total. The zero-order valence-corrected chi connectivity index (χ0v) is 19.6. The number of benzene rings is 3. The number of carbonyl (C=O) groups excluding carboxylic acids is 2. The molecule has 0 radical (unpaired) electrons. The van der Waals surface area contributed by atoms with Crippen molar-refractivity contribution in [1.82, 2.24) is 0 Å². The summed E-state index contributed by atoms with van der Waals surface area (Å²) in [4.78, 5) is 44.8. The first kappa shape index (κ1) is 22.7. The average molecular weight is 472 g/mol. The molecule has 2 aliphatic heterocycles. The van der Waals surface area contributed by atoms with Gasteiger partial charge in [-0.2, -0.15) is 0 Å². The maximum absolute atomic E-state index is 13.7. The van der Waals surface area contributed by atoms with E-state index in [-0.39, 0.29) is 16.8 Å². The maximum Gasteiger partial charge on any atom is 0.269 e. The molecular formula is C27H25N3O5. The molecule has 0 spiro atoms. The maximum atomic E-state index is 13.7. The van der Waals surface area contributed by atoms with Gasteiger partial charge in [0.25, 0.3) is 11.6 Å². The summed E-state index contributed by atoms with van der Waals surface area (Å²) in [5, 5.41) is 12.7. The number of para-hydroxylation sites is 1. The average Bonchev–Trinajstić information content (AvgIpc) is 3.35. The zero-order chi connectivity index (χ0) is 24.9. The van der Waals surface area contributed by atoms with Gasteiger partial charge < -0.3 is 0 Å². The summed E-state index contributed by atoms with van der Waals surface area (Å²) in [5.74, 6) is -1.64. The minimum atomic E-state index is -0.995. The van der Waals surface area contributed by atoms with E-state index >= 15 is 0 Å². The van der Waals surface area contributed by atoms with Gasteiger partial charge >= 0.3 is 0 Å². The van der Waals surface area contributed by atoms with Crippen molar-refractivity contribution in [3.63, 3.8) is 0 Å². The van der Waals surface area contributed by atoms with Crippen molar-refractivity contribution >= 4 is 28.9 Å². The normalized spacial score (nSPS) is 22.0. The Bertz CT molecular complexity index is 1280. The first-order valence-corrected chi connectivity index (χ1v) is 11.4. The number of hydroxylamine groups is 1. The predicted molar refractivity (Wildman–Crippen MR) is 131 cm³/mol. The number of amides is 2. The van der Waals surface area contributed by atoms with Gasteiger partial charge in [-0.1, -0.05) is 63.2 Å². The summed E-state index contributed by atoms with van der Waals surface area (Å²) in [6.07, 6.45) is -0.995. The topological polar surface area (TPSA) is 93.0 Å². The van der Waals surface area contributed by atoms with Crippen molar-refractivity contribution in [2.45, 2.75) is 38.3 Å². The largest absolute Gasteiger partial charge is 0.273 e. The van der Waals surface area contributed by atoms with Gasteiger partial charge in [-0.05, 0) is 40.8 Å². The van der Waals surface area contributed by atoms with Crippen LogP contribution in [0.4, 0.5) is 17.1 Å². The fourth-order valence-corrected chi connectivity index (χ4v) is 4.71. The molecule has 0 aliphatic carbocycles. The summed E-state index contributed by atoms with van der Waals surface area (Å²) in [7, 11) is 0. The number of imide groups is 1. The Labute approximate surface area is 202 Å². The van der Waals surface area contributed by atoms with Gasteiger partial charge in [-0.3, -0.25) is 24.5 Å². The second-order valence-electron chi connectivity index (χ2n) is 9.82. The van der Waals surface area contributed by atoms with Crippen LogP contribution in [0.25, 0.3) is 0 Å². The predicted octanol–water partition coefficient (Wildman–Crippen LogP) is 4.94. The molecule has 2 saturated heterocycles. The Hall–Kier alpha value is -4.04. The molecule has 35 heavy (non-hydrogen) atoms. The number of fused-ring (bicyclic) bond motifs is 1. The second-order valence-corrected chi connectivity index (χ2v) is 9.82. The lowest BCUT2D eigenvalue weighted by Crippen LogP contribution is -2.37. The first-order valence-electron chi connectivity index (χ1n) is 11.4. The Balaban J connectivity index is 1.54. The fourth-order valence-electron chi connectivity index (χ4n) is 4.71. The summed E-state index contributed by atoms with van der Waals surface area (Å²) in [6, 6.07) is 22.3. The Kier molecular flexibility index (Phi) is 5.40. The van der Waals surface area contributed by atoms with Crippen molar-refractivity contribution in [2.75, 3.05) is 9.96 Å². The summed E-state index contributed by atoms with van der Waals surface area (Å²) in [5.41, 5.74) is 2.91. The molecule has 3 aromatic carbocycles. The van der Waals surface area contributed by atoms with E-state index in [1.165, 1.54) is 24.3 Å². The Morgan fingerprint density at radius 3 is 2.03 bits per heavy atom. The summed E-state index contributed by atoms with van der Waals surface area (Å²) >= 11 is 0. The monoisotopic (exact) mass is 471 g/mol. The number of non-ortho nitro benzene ring substituents is 1. The van der Waals surface area contributed by atoms with Crippen molar-refractivity contribution in [2.24, 2.45) is 5.92 Å². The standard InChI is InChI=1S/C27H25N3O5/c1-27(2,3)18-11-9-17(10-12-18)23-22-24(35-29(23)20-7-5-4-6-8-20)26(32)28(25(22)31)19-13-15-21(16-14-19)30(33)34/h4-16,22-24H,1-3H3/t22-,23+,24+/m0/s1. The van der Waals surface area contributed by atoms with Crippen molar-refractivity contribution in [3.05, 3.63) is 100 Å². The molecule has 2 fully saturated rings. The highest BCUT2D eigenvalue weighted by atomic mass is 16.7. The number of nitrogens with zero attached hydrogens (tertiary/aromatic N) is 3. The first-order chi connectivity index (χ1) is 16.7. The van der Waals surface area contributed by atoms with E-state index in [4.69, 9.17) is 4.84 Å². The minimum absolute atomic E-state index is 0.0295. The third-order valence-corrected chi connectivity index (χ3v) is 6.56. The molecule has 2 amide bonds. The van der Waals surface area contributed by atoms with Gasteiger partial charge in [0.1, 0.15) is 5.92 Å². The van der Waals surface area contributed by atoms with Crippen molar-refractivity contribution in [3.8, 4) is 0 Å². The number of nitro benzene ring substituents is 1. The zero-order valence-electron chi connectivity index (χ0n) is 19.6. The van der Waals surface area contributed by atoms with E-state index in [1.54, 1.807) is 5.06 Å². The van der Waals surface area contributed by atoms with Gasteiger partial charge in [0.15, 0.2) is 6.10 Å². The number of hydrogen-bond donors (Lipinski definition) is 0. The van der Waals surface area contributed by atoms with E-state index in [9.17, 15) is 19.7 Å². The molecule has 0 aromatic heterocycles. The minimum Gasteiger partial charge on any atom is -0.273 e. The molecule has 5 rings (SSSR count). The van der Waals surface area contributed by atoms with Gasteiger partial charge in [0.2, 0.25) is 5.91 Å². The molecule has 3 atom stereocenters. The molecular weight excluding hydrogens is 446 g/mol. The van der Waals surface area contributed by atoms with Crippen LogP contribution in [0.1, 0.15) is 37.9 Å². The fraction of sp³-hybridized carbons (Fsp3) is 0.259. The number of rotatable bonds is 4. The van der Waals surface area contributed by atoms with Crippen LogP contribution in [0.2, 0.25) is 0 Å². The molecule has 0 bridgehead atoms. The molecule has 0 saturated carbocycles. The lowest BCUT2D eigenvalue weighted by atomic mass is 9.84. The number of carbonyl (C=O) groups is 2. The van der Waals surface area contributed by atoms with Crippen LogP contribution in [0.5, 0.6) is 0 Å². The van der Waals surface area contributed by atoms with Gasteiger partial charge in [0, 0.05) is 12.1 Å².